The lowest BCUT2D eigenvalue weighted by atomic mass is 10.1. The van der Waals surface area contributed by atoms with Crippen LogP contribution in [0.2, 0.25) is 0 Å². The molecule has 0 aliphatic carbocycles. The largest absolute Gasteiger partial charge is 0.490 e. The number of unbranched alkanes of at least 4 members (excludes halogenated alkanes) is 2. The fraction of sp³-hybridized carbons (Fsp3) is 0.280. The van der Waals surface area contributed by atoms with E-state index in [0.29, 0.717) is 67.3 Å². The quantitative estimate of drug-likeness (QED) is 0.0426. The van der Waals surface area contributed by atoms with Crippen molar-refractivity contribution in [2.24, 2.45) is 13.5 Å². The minimum atomic E-state index is -3.82. The van der Waals surface area contributed by atoms with E-state index in [1.54, 1.807) is 6.07 Å². The summed E-state index contributed by atoms with van der Waals surface area (Å²) in [6, 6.07) is 45.1. The summed E-state index contributed by atoms with van der Waals surface area (Å²) in [7, 11) is -7.22. The minimum absolute atomic E-state index is 0.0756. The van der Waals surface area contributed by atoms with Gasteiger partial charge in [0.1, 0.15) is 65.7 Å². The van der Waals surface area contributed by atoms with Gasteiger partial charge in [-0.05, 0) is 98.5 Å². The second-order valence-electron chi connectivity index (χ2n) is 15.6. The van der Waals surface area contributed by atoms with Gasteiger partial charge < -0.3 is 46.5 Å². The van der Waals surface area contributed by atoms with E-state index in [1.807, 2.05) is 140 Å². The van der Waals surface area contributed by atoms with Crippen LogP contribution in [0.25, 0.3) is 0 Å². The number of rotatable bonds is 24. The number of epoxide rings is 2. The van der Waals surface area contributed by atoms with Crippen LogP contribution in [0.3, 0.4) is 0 Å². The van der Waals surface area contributed by atoms with Crippen LogP contribution in [-0.2, 0) is 22.3 Å². The van der Waals surface area contributed by atoms with E-state index >= 15 is 0 Å². The van der Waals surface area contributed by atoms with Gasteiger partial charge in [0.15, 0.2) is 20.0 Å². The van der Waals surface area contributed by atoms with Crippen LogP contribution < -0.4 is 37.0 Å². The van der Waals surface area contributed by atoms with Crippen molar-refractivity contribution in [3.05, 3.63) is 157 Å². The van der Waals surface area contributed by atoms with Crippen molar-refractivity contribution in [2.45, 2.75) is 64.6 Å². The molecule has 3 unspecified atom stereocenters. The molecule has 13 nitrogen and oxygen atoms in total. The molecule has 9 rings (SSSR count). The standard InChI is InChI=1S/C50H52N3O10P3/c1-3-5-25-42-44(56-35-40-33-54-40)27-16-29-46(42)58-48-31-18-32-49(50(48)59-47-30-17-28-45(43(47)26-6-4-2)57-36-41-34-55-41)63-66(62-39-23-14-9-15-24-39)52-64-51-65(53-66,60-37-19-10-7-11-20-37)61-38-21-12-8-13-22-38/h7-24,27-32,40-41H,3-6,25-26,33-36H2,1-2H3. The smallest absolute Gasteiger partial charge is 0.460 e. The Morgan fingerprint density at radius 2 is 0.939 bits per heavy atom. The monoisotopic (exact) mass is 947 g/mol. The molecule has 342 valence electrons. The van der Waals surface area contributed by atoms with E-state index in [9.17, 15) is 0 Å². The van der Waals surface area contributed by atoms with Crippen molar-refractivity contribution in [3.8, 4) is 57.5 Å². The van der Waals surface area contributed by atoms with E-state index in [1.165, 1.54) is 0 Å². The summed E-state index contributed by atoms with van der Waals surface area (Å²) < 4.78 is 80.0. The molecule has 66 heavy (non-hydrogen) atoms. The van der Waals surface area contributed by atoms with Crippen molar-refractivity contribution >= 4 is 23.8 Å². The van der Waals surface area contributed by atoms with Crippen molar-refractivity contribution in [1.82, 2.24) is 0 Å². The molecule has 3 aliphatic heterocycles. The molecule has 3 heterocycles. The Kier molecular flexibility index (Phi) is 14.9. The fourth-order valence-electron chi connectivity index (χ4n) is 6.89. The Labute approximate surface area is 387 Å². The van der Waals surface area contributed by atoms with Gasteiger partial charge >= 0.3 is 15.3 Å². The number of nitrogens with zero attached hydrogens (tertiary/aromatic N) is 3. The van der Waals surface area contributed by atoms with E-state index in [4.69, 9.17) is 60.1 Å². The van der Waals surface area contributed by atoms with Crippen LogP contribution in [-0.4, -0.2) is 38.6 Å². The van der Waals surface area contributed by atoms with Crippen LogP contribution in [0.4, 0.5) is 0 Å². The molecular formula is C50H52N3O10P3. The number of para-hydroxylation sites is 4. The van der Waals surface area contributed by atoms with Crippen LogP contribution >= 0.6 is 23.8 Å². The van der Waals surface area contributed by atoms with Gasteiger partial charge in [-0.1, -0.05) is 104 Å². The maximum Gasteiger partial charge on any atom is 0.460 e. The number of hydrogen-bond acceptors (Lipinski definition) is 13. The molecule has 0 amide bonds. The van der Waals surface area contributed by atoms with Crippen molar-refractivity contribution in [1.29, 1.82) is 0 Å². The molecule has 2 fully saturated rings. The van der Waals surface area contributed by atoms with E-state index in [2.05, 4.69) is 13.8 Å². The molecule has 16 heteroatoms. The van der Waals surface area contributed by atoms with Gasteiger partial charge in [0.2, 0.25) is 5.75 Å². The zero-order valence-electron chi connectivity index (χ0n) is 36.8. The summed E-state index contributed by atoms with van der Waals surface area (Å²) in [6.45, 7) is 6.61. The Morgan fingerprint density at radius 1 is 0.500 bits per heavy atom. The average molecular weight is 948 g/mol. The van der Waals surface area contributed by atoms with Gasteiger partial charge in [0.25, 0.3) is 0 Å². The van der Waals surface area contributed by atoms with Crippen molar-refractivity contribution in [2.75, 3.05) is 26.4 Å². The van der Waals surface area contributed by atoms with Gasteiger partial charge in [-0.15, -0.1) is 9.03 Å². The van der Waals surface area contributed by atoms with Gasteiger partial charge in [0, 0.05) is 11.1 Å². The van der Waals surface area contributed by atoms with Crippen LogP contribution in [0.15, 0.2) is 159 Å². The summed E-state index contributed by atoms with van der Waals surface area (Å²) in [5.41, 5.74) is 1.85. The molecule has 0 bridgehead atoms. The summed E-state index contributed by atoms with van der Waals surface area (Å²) in [5.74, 6) is 5.08. The SMILES string of the molecule is CCCCc1c(OCC2CO2)cccc1Oc1cccc(OP2(Oc3ccccc3)=NP=NP(Oc3ccccc3)(Oc3ccccc3)=N2)c1Oc1cccc(OCC2CO2)c1CCCC. The summed E-state index contributed by atoms with van der Waals surface area (Å²) in [4.78, 5) is 0. The highest BCUT2D eigenvalue weighted by atomic mass is 31.3. The van der Waals surface area contributed by atoms with Crippen molar-refractivity contribution in [3.63, 3.8) is 0 Å². The Hall–Kier alpha value is -5.80. The van der Waals surface area contributed by atoms with Gasteiger partial charge in [-0.3, -0.25) is 0 Å². The highest BCUT2D eigenvalue weighted by Crippen LogP contribution is 2.71. The van der Waals surface area contributed by atoms with Crippen LogP contribution in [0.5, 0.6) is 57.5 Å². The second-order valence-corrected chi connectivity index (χ2v) is 20.7. The molecule has 2 saturated heterocycles. The van der Waals surface area contributed by atoms with E-state index in [0.717, 1.165) is 54.7 Å². The third-order valence-corrected chi connectivity index (χ3v) is 16.5. The maximum atomic E-state index is 7.15. The normalized spacial score (nSPS) is 19.0. The second kappa shape index (κ2) is 21.7. The van der Waals surface area contributed by atoms with Crippen LogP contribution in [0, 0.1) is 0 Å². The van der Waals surface area contributed by atoms with E-state index in [-0.39, 0.29) is 32.2 Å². The number of benzene rings is 6. The van der Waals surface area contributed by atoms with Crippen LogP contribution in [0.1, 0.15) is 50.7 Å². The first-order valence-corrected chi connectivity index (χ1v) is 26.2. The third kappa shape index (κ3) is 12.0. The molecule has 3 atom stereocenters. The fourth-order valence-corrected chi connectivity index (χ4v) is 13.1. The molecule has 6 aromatic rings. The summed E-state index contributed by atoms with van der Waals surface area (Å²) in [5, 5.41) is 0. The molecule has 3 aliphatic rings. The predicted octanol–water partition coefficient (Wildman–Crippen LogP) is 15.1. The number of ether oxygens (including phenoxy) is 6. The Morgan fingerprint density at radius 3 is 1.42 bits per heavy atom. The molecule has 0 aromatic heterocycles. The highest BCUT2D eigenvalue weighted by Gasteiger charge is 2.40. The Balaban J connectivity index is 1.19. The first kappa shape index (κ1) is 45.4. The molecule has 0 spiro atoms. The lowest BCUT2D eigenvalue weighted by Gasteiger charge is -2.28. The predicted molar refractivity (Wildman–Crippen MR) is 257 cm³/mol. The average Bonchev–Trinajstić information content (AvgIpc) is 4.29. The molecular weight excluding hydrogens is 895 g/mol. The van der Waals surface area contributed by atoms with Crippen molar-refractivity contribution < 1.29 is 46.5 Å². The summed E-state index contributed by atoms with van der Waals surface area (Å²) >= 11 is 0. The topological polar surface area (TPSA) is 136 Å². The zero-order valence-corrected chi connectivity index (χ0v) is 39.5. The van der Waals surface area contributed by atoms with Gasteiger partial charge in [-0.2, -0.15) is 0 Å². The highest BCUT2D eigenvalue weighted by molar-refractivity contribution is 7.73. The zero-order chi connectivity index (χ0) is 45.0. The summed E-state index contributed by atoms with van der Waals surface area (Å²) in [6.07, 6.45) is 5.41. The third-order valence-electron chi connectivity index (χ3n) is 10.4. The first-order valence-electron chi connectivity index (χ1n) is 22.3. The molecule has 0 radical (unpaired) electrons. The molecule has 0 N–H and O–H groups in total. The molecule has 6 aromatic carbocycles. The van der Waals surface area contributed by atoms with Gasteiger partial charge in [0.05, 0.1) is 13.2 Å². The number of hydrogen-bond donors (Lipinski definition) is 0. The Bertz CT molecular complexity index is 2660. The minimum Gasteiger partial charge on any atom is -0.490 e. The maximum absolute atomic E-state index is 7.15. The first-order chi connectivity index (χ1) is 32.5. The van der Waals surface area contributed by atoms with E-state index < -0.39 is 15.3 Å². The lowest BCUT2D eigenvalue weighted by molar-refractivity contribution is 0.259. The van der Waals surface area contributed by atoms with Gasteiger partial charge in [-0.25, -0.2) is 0 Å². The lowest BCUT2D eigenvalue weighted by Crippen LogP contribution is -2.08. The molecule has 0 saturated carbocycles.